The van der Waals surface area contributed by atoms with E-state index in [-0.39, 0.29) is 12.2 Å². The van der Waals surface area contributed by atoms with Crippen LogP contribution in [-0.4, -0.2) is 43.0 Å². The van der Waals surface area contributed by atoms with Gasteiger partial charge in [-0.25, -0.2) is 8.42 Å². The van der Waals surface area contributed by atoms with Gasteiger partial charge in [0.25, 0.3) is 0 Å². The predicted molar refractivity (Wildman–Crippen MR) is 122 cm³/mol. The lowest BCUT2D eigenvalue weighted by Crippen LogP contribution is -2.49. The fourth-order valence-electron chi connectivity index (χ4n) is 4.26. The van der Waals surface area contributed by atoms with Crippen molar-refractivity contribution >= 4 is 45.0 Å². The van der Waals surface area contributed by atoms with Gasteiger partial charge in [0.15, 0.2) is 20.9 Å². The number of ketones is 1. The van der Waals surface area contributed by atoms with Crippen molar-refractivity contribution in [3.63, 3.8) is 0 Å². The van der Waals surface area contributed by atoms with Crippen LogP contribution in [0.25, 0.3) is 0 Å². The van der Waals surface area contributed by atoms with Crippen LogP contribution in [0, 0.1) is 0 Å². The van der Waals surface area contributed by atoms with E-state index >= 15 is 0 Å². The van der Waals surface area contributed by atoms with Crippen LogP contribution in [0.5, 0.6) is 0 Å². The molecule has 0 aromatic heterocycles. The Bertz CT molecular complexity index is 1140. The van der Waals surface area contributed by atoms with Crippen molar-refractivity contribution in [1.82, 2.24) is 0 Å². The smallest absolute Gasteiger partial charge is 0.325 e. The highest BCUT2D eigenvalue weighted by Gasteiger charge is 2.56. The standard InChI is InChI=1S/C23H21ClO5S2/c1-2-29-23(26)22-18(14-6-4-3-5-7-14)20-17(12-13-30-20)21(31(22,27)28)19(25)15-8-10-16(24)11-9-15/h3-11,18,21-22H,2,12-13H2,1H3/t18-,21-,22-/m1/s1. The van der Waals surface area contributed by atoms with Gasteiger partial charge in [-0.15, -0.1) is 11.8 Å². The molecule has 31 heavy (non-hydrogen) atoms. The van der Waals surface area contributed by atoms with Crippen LogP contribution in [0.2, 0.25) is 5.02 Å². The summed E-state index contributed by atoms with van der Waals surface area (Å²) in [7, 11) is -4.22. The van der Waals surface area contributed by atoms with Crippen LogP contribution in [0.15, 0.2) is 65.1 Å². The molecule has 4 rings (SSSR count). The number of allylic oxidation sites excluding steroid dienone is 1. The number of halogens is 1. The van der Waals surface area contributed by atoms with E-state index in [0.717, 1.165) is 10.5 Å². The monoisotopic (exact) mass is 476 g/mol. The van der Waals surface area contributed by atoms with Gasteiger partial charge in [0.2, 0.25) is 0 Å². The van der Waals surface area contributed by atoms with E-state index in [2.05, 4.69) is 0 Å². The number of rotatable bonds is 5. The van der Waals surface area contributed by atoms with Gasteiger partial charge in [0, 0.05) is 22.3 Å². The summed E-state index contributed by atoms with van der Waals surface area (Å²) >= 11 is 7.45. The number of esters is 1. The van der Waals surface area contributed by atoms with Crippen LogP contribution in [0.1, 0.15) is 35.2 Å². The first-order valence-electron chi connectivity index (χ1n) is 9.96. The van der Waals surface area contributed by atoms with E-state index < -0.39 is 38.0 Å². The molecule has 0 saturated heterocycles. The number of benzene rings is 2. The maximum absolute atomic E-state index is 13.8. The van der Waals surface area contributed by atoms with E-state index in [1.54, 1.807) is 19.1 Å². The Balaban J connectivity index is 1.91. The Morgan fingerprint density at radius 3 is 2.42 bits per heavy atom. The molecule has 2 aliphatic rings. The first-order chi connectivity index (χ1) is 14.9. The fraction of sp³-hybridized carbons (Fsp3) is 0.304. The van der Waals surface area contributed by atoms with Crippen molar-refractivity contribution in [3.05, 3.63) is 81.2 Å². The van der Waals surface area contributed by atoms with E-state index in [9.17, 15) is 18.0 Å². The molecule has 0 saturated carbocycles. The molecule has 0 fully saturated rings. The molecule has 2 aromatic rings. The quantitative estimate of drug-likeness (QED) is 0.469. The van der Waals surface area contributed by atoms with Crippen molar-refractivity contribution < 1.29 is 22.7 Å². The second kappa shape index (κ2) is 8.81. The van der Waals surface area contributed by atoms with Gasteiger partial charge in [-0.05, 0) is 53.7 Å². The van der Waals surface area contributed by atoms with E-state index in [4.69, 9.17) is 16.3 Å². The summed E-state index contributed by atoms with van der Waals surface area (Å²) in [4.78, 5) is 27.2. The Labute approximate surface area is 190 Å². The van der Waals surface area contributed by atoms with Crippen LogP contribution >= 0.6 is 23.4 Å². The zero-order chi connectivity index (χ0) is 22.2. The number of carbonyl (C=O) groups is 2. The van der Waals surface area contributed by atoms with Crippen LogP contribution in [0.4, 0.5) is 0 Å². The lowest BCUT2D eigenvalue weighted by Gasteiger charge is -2.35. The molecule has 0 radical (unpaired) electrons. The summed E-state index contributed by atoms with van der Waals surface area (Å²) in [6, 6.07) is 15.2. The zero-order valence-corrected chi connectivity index (χ0v) is 19.2. The third-order valence-electron chi connectivity index (χ3n) is 5.57. The number of carbonyl (C=O) groups excluding carboxylic acids is 2. The molecule has 0 aliphatic carbocycles. The van der Waals surface area contributed by atoms with Gasteiger partial charge in [0.05, 0.1) is 6.61 Å². The fourth-order valence-corrected chi connectivity index (χ4v) is 8.33. The van der Waals surface area contributed by atoms with Crippen molar-refractivity contribution in [1.29, 1.82) is 0 Å². The second-order valence-electron chi connectivity index (χ2n) is 7.39. The number of ether oxygens (including phenoxy) is 1. The highest BCUT2D eigenvalue weighted by molar-refractivity contribution is 8.03. The molecule has 0 N–H and O–H groups in total. The van der Waals surface area contributed by atoms with Crippen LogP contribution in [0.3, 0.4) is 0 Å². The molecule has 162 valence electrons. The third kappa shape index (κ3) is 3.95. The van der Waals surface area contributed by atoms with Gasteiger partial charge in [-0.2, -0.15) is 0 Å². The minimum Gasteiger partial charge on any atom is -0.465 e. The average molecular weight is 477 g/mol. The molecule has 2 aromatic carbocycles. The molecule has 2 heterocycles. The molecule has 2 aliphatic heterocycles. The molecule has 0 spiro atoms. The Morgan fingerprint density at radius 1 is 1.10 bits per heavy atom. The van der Waals surface area contributed by atoms with Gasteiger partial charge < -0.3 is 4.74 Å². The van der Waals surface area contributed by atoms with Gasteiger partial charge in [-0.1, -0.05) is 41.9 Å². The maximum atomic E-state index is 13.8. The Hall–Kier alpha value is -2.09. The summed E-state index contributed by atoms with van der Waals surface area (Å²) in [6.07, 6.45) is 0.488. The van der Waals surface area contributed by atoms with Gasteiger partial charge >= 0.3 is 5.97 Å². The Morgan fingerprint density at radius 2 is 1.77 bits per heavy atom. The minimum absolute atomic E-state index is 0.0568. The molecule has 0 bridgehead atoms. The number of thioether (sulfide) groups is 1. The molecule has 5 nitrogen and oxygen atoms in total. The molecular weight excluding hydrogens is 456 g/mol. The summed E-state index contributed by atoms with van der Waals surface area (Å²) in [5.41, 5.74) is 1.57. The minimum atomic E-state index is -4.22. The highest BCUT2D eigenvalue weighted by Crippen LogP contribution is 2.52. The molecule has 3 atom stereocenters. The lowest BCUT2D eigenvalue weighted by atomic mass is 9.89. The largest absolute Gasteiger partial charge is 0.465 e. The zero-order valence-electron chi connectivity index (χ0n) is 16.8. The first-order valence-corrected chi connectivity index (χ1v) is 12.9. The molecule has 0 amide bonds. The van der Waals surface area contributed by atoms with E-state index in [1.807, 2.05) is 30.3 Å². The van der Waals surface area contributed by atoms with Crippen molar-refractivity contribution in [2.75, 3.05) is 12.4 Å². The van der Waals surface area contributed by atoms with E-state index in [0.29, 0.717) is 22.8 Å². The topological polar surface area (TPSA) is 77.5 Å². The second-order valence-corrected chi connectivity index (χ2v) is 11.1. The lowest BCUT2D eigenvalue weighted by molar-refractivity contribution is -0.142. The summed E-state index contributed by atoms with van der Waals surface area (Å²) in [5, 5.41) is -2.42. The number of Topliss-reactive ketones (excluding diaryl/α,β-unsaturated/α-hetero) is 1. The van der Waals surface area contributed by atoms with Crippen molar-refractivity contribution in [2.45, 2.75) is 29.8 Å². The first kappa shape index (κ1) is 22.1. The predicted octanol–water partition coefficient (Wildman–Crippen LogP) is 4.43. The average Bonchev–Trinajstić information content (AvgIpc) is 3.21. The van der Waals surface area contributed by atoms with Crippen molar-refractivity contribution in [2.24, 2.45) is 0 Å². The van der Waals surface area contributed by atoms with Crippen molar-refractivity contribution in [3.8, 4) is 0 Å². The summed E-state index contributed by atoms with van der Waals surface area (Å²) in [5.74, 6) is -1.36. The number of hydrogen-bond acceptors (Lipinski definition) is 6. The molecule has 8 heteroatoms. The molecular formula is C23H21ClO5S2. The maximum Gasteiger partial charge on any atom is 0.325 e. The van der Waals surface area contributed by atoms with Gasteiger partial charge in [0.1, 0.15) is 5.25 Å². The third-order valence-corrected chi connectivity index (χ3v) is 9.39. The van der Waals surface area contributed by atoms with E-state index in [1.165, 1.54) is 23.9 Å². The normalized spacial score (nSPS) is 24.5. The number of sulfone groups is 1. The van der Waals surface area contributed by atoms with Crippen LogP contribution < -0.4 is 0 Å². The molecule has 0 unspecified atom stereocenters. The van der Waals surface area contributed by atoms with Gasteiger partial charge in [-0.3, -0.25) is 9.59 Å². The van der Waals surface area contributed by atoms with Crippen LogP contribution in [-0.2, 0) is 19.4 Å². The SMILES string of the molecule is CCOC(=O)[C@H]1[C@H](c2ccccc2)C2=C(CCS2)[C@H](C(=O)c2ccc(Cl)cc2)S1(=O)=O. The highest BCUT2D eigenvalue weighted by atomic mass is 35.5. The summed E-state index contributed by atoms with van der Waals surface area (Å²) in [6.45, 7) is 1.69. The Kier molecular flexibility index (Phi) is 6.28. The number of hydrogen-bond donors (Lipinski definition) is 0. The summed E-state index contributed by atoms with van der Waals surface area (Å²) < 4.78 is 32.9.